The number of halogens is 3. The maximum absolute atomic E-state index is 13.5. The number of anilines is 1. The van der Waals surface area contributed by atoms with Crippen LogP contribution in [-0.4, -0.2) is 15.7 Å². The van der Waals surface area contributed by atoms with Gasteiger partial charge in [-0.15, -0.1) is 0 Å². The monoisotopic (exact) mass is 435 g/mol. The number of fused-ring (bicyclic) bond motifs is 2. The summed E-state index contributed by atoms with van der Waals surface area (Å²) in [6, 6.07) is 19.9. The summed E-state index contributed by atoms with van der Waals surface area (Å²) in [6.45, 7) is 0. The summed E-state index contributed by atoms with van der Waals surface area (Å²) in [7, 11) is 0. The van der Waals surface area contributed by atoms with Gasteiger partial charge >= 0.3 is 6.18 Å². The molecule has 0 saturated carbocycles. The number of carbonyl (C=O) groups excluding carboxylic acids is 1. The second-order valence-corrected chi connectivity index (χ2v) is 7.92. The Balaban J connectivity index is 1.43. The third-order valence-electron chi connectivity index (χ3n) is 5.86. The van der Waals surface area contributed by atoms with E-state index in [-0.39, 0.29) is 5.91 Å². The van der Waals surface area contributed by atoms with Gasteiger partial charge in [-0.25, -0.2) is 4.68 Å². The van der Waals surface area contributed by atoms with Crippen LogP contribution >= 0.6 is 0 Å². The minimum Gasteiger partial charge on any atom is -0.321 e. The van der Waals surface area contributed by atoms with Gasteiger partial charge < -0.3 is 5.32 Å². The van der Waals surface area contributed by atoms with Gasteiger partial charge in [-0.05, 0) is 61.4 Å². The van der Waals surface area contributed by atoms with Crippen molar-refractivity contribution < 1.29 is 18.0 Å². The molecule has 1 amide bonds. The molecule has 4 nitrogen and oxygen atoms in total. The number of aromatic nitrogens is 2. The first-order chi connectivity index (χ1) is 15.4. The van der Waals surface area contributed by atoms with Gasteiger partial charge in [0.2, 0.25) is 0 Å². The lowest BCUT2D eigenvalue weighted by Crippen LogP contribution is -2.12. The number of amides is 1. The van der Waals surface area contributed by atoms with Gasteiger partial charge in [0.05, 0.1) is 5.69 Å². The van der Waals surface area contributed by atoms with E-state index < -0.39 is 11.9 Å². The van der Waals surface area contributed by atoms with Crippen LogP contribution in [0.2, 0.25) is 0 Å². The number of benzene rings is 3. The van der Waals surface area contributed by atoms with Crippen molar-refractivity contribution in [2.75, 3.05) is 5.32 Å². The zero-order valence-corrected chi connectivity index (χ0v) is 17.1. The lowest BCUT2D eigenvalue weighted by Gasteiger charge is -2.15. The first kappa shape index (κ1) is 20.3. The molecule has 3 aromatic carbocycles. The van der Waals surface area contributed by atoms with Crippen LogP contribution in [0.4, 0.5) is 18.9 Å². The Kier molecular flexibility index (Phi) is 4.96. The lowest BCUT2D eigenvalue weighted by molar-refractivity contribution is -0.142. The predicted octanol–water partition coefficient (Wildman–Crippen LogP) is 6.18. The average molecular weight is 435 g/mol. The van der Waals surface area contributed by atoms with Gasteiger partial charge in [0.25, 0.3) is 5.91 Å². The van der Waals surface area contributed by atoms with Crippen LogP contribution in [0, 0.1) is 0 Å². The molecule has 7 heteroatoms. The molecule has 1 N–H and O–H groups in total. The second kappa shape index (κ2) is 7.82. The number of alkyl halides is 3. The van der Waals surface area contributed by atoms with Crippen LogP contribution in [0.25, 0.3) is 16.5 Å². The molecule has 5 rings (SSSR count). The zero-order valence-electron chi connectivity index (χ0n) is 17.1. The van der Waals surface area contributed by atoms with Crippen LogP contribution in [0.3, 0.4) is 0 Å². The highest BCUT2D eigenvalue weighted by Crippen LogP contribution is 2.36. The van der Waals surface area contributed by atoms with E-state index in [0.29, 0.717) is 41.0 Å². The third-order valence-corrected chi connectivity index (χ3v) is 5.86. The highest BCUT2D eigenvalue weighted by molar-refractivity contribution is 6.09. The Morgan fingerprint density at radius 1 is 0.906 bits per heavy atom. The molecule has 0 unspecified atom stereocenters. The smallest absolute Gasteiger partial charge is 0.321 e. The number of nitrogens with zero attached hydrogens (tertiary/aromatic N) is 2. The van der Waals surface area contributed by atoms with Gasteiger partial charge in [-0.3, -0.25) is 4.79 Å². The van der Waals surface area contributed by atoms with Crippen molar-refractivity contribution in [2.24, 2.45) is 0 Å². The van der Waals surface area contributed by atoms with Gasteiger partial charge in [0.1, 0.15) is 0 Å². The maximum atomic E-state index is 13.5. The lowest BCUT2D eigenvalue weighted by atomic mass is 9.95. The van der Waals surface area contributed by atoms with Gasteiger partial charge in [0.15, 0.2) is 5.69 Å². The van der Waals surface area contributed by atoms with Crippen molar-refractivity contribution in [2.45, 2.75) is 31.9 Å². The van der Waals surface area contributed by atoms with Crippen molar-refractivity contribution >= 4 is 22.4 Å². The molecule has 0 aliphatic heterocycles. The summed E-state index contributed by atoms with van der Waals surface area (Å²) in [6.07, 6.45) is -1.97. The largest absolute Gasteiger partial charge is 0.435 e. The molecule has 1 aliphatic rings. The fourth-order valence-corrected chi connectivity index (χ4v) is 4.32. The number of rotatable bonds is 3. The van der Waals surface area contributed by atoms with Crippen molar-refractivity contribution in [3.63, 3.8) is 0 Å². The first-order valence-electron chi connectivity index (χ1n) is 10.5. The zero-order chi connectivity index (χ0) is 22.3. The molecule has 4 aromatic rings. The van der Waals surface area contributed by atoms with E-state index in [4.69, 9.17) is 0 Å². The Labute approximate surface area is 182 Å². The summed E-state index contributed by atoms with van der Waals surface area (Å²) in [5.74, 6) is -0.286. The molecule has 0 bridgehead atoms. The summed E-state index contributed by atoms with van der Waals surface area (Å²) in [5, 5.41) is 8.78. The van der Waals surface area contributed by atoms with Crippen molar-refractivity contribution in [1.29, 1.82) is 0 Å². The number of nitrogens with one attached hydrogen (secondary N) is 1. The van der Waals surface area contributed by atoms with Crippen molar-refractivity contribution in [3.05, 3.63) is 89.2 Å². The number of hydrogen-bond acceptors (Lipinski definition) is 2. The van der Waals surface area contributed by atoms with Gasteiger partial charge in [-0.2, -0.15) is 18.3 Å². The average Bonchev–Trinajstić information content (AvgIpc) is 3.20. The molecule has 162 valence electrons. The van der Waals surface area contributed by atoms with Crippen LogP contribution in [-0.2, 0) is 19.0 Å². The van der Waals surface area contributed by atoms with Crippen molar-refractivity contribution in [3.8, 4) is 5.69 Å². The fourth-order valence-electron chi connectivity index (χ4n) is 4.32. The van der Waals surface area contributed by atoms with Crippen molar-refractivity contribution in [1.82, 2.24) is 9.78 Å². The highest BCUT2D eigenvalue weighted by atomic mass is 19.4. The molecule has 0 saturated heterocycles. The van der Waals surface area contributed by atoms with E-state index in [2.05, 4.69) is 10.4 Å². The van der Waals surface area contributed by atoms with Crippen LogP contribution < -0.4 is 5.32 Å². The Hall–Kier alpha value is -3.61. The highest BCUT2D eigenvalue weighted by Gasteiger charge is 2.39. The topological polar surface area (TPSA) is 46.9 Å². The Bertz CT molecular complexity index is 1300. The molecule has 1 heterocycles. The standard InChI is InChI=1S/C25H20F3N3O/c26-25(27,28)23-20-9-3-4-11-22(20)31(30-23)18-14-12-17(13-15-18)24(32)29-21-10-5-7-16-6-1-2-8-19(16)21/h1-2,5-8,10,12-15H,3-4,9,11H2,(H,29,32). The molecule has 0 radical (unpaired) electrons. The summed E-state index contributed by atoms with van der Waals surface area (Å²) < 4.78 is 41.8. The fraction of sp³-hybridized carbons (Fsp3) is 0.200. The quantitative estimate of drug-likeness (QED) is 0.418. The van der Waals surface area contributed by atoms with E-state index in [1.807, 2.05) is 42.5 Å². The van der Waals surface area contributed by atoms with Gasteiger partial charge in [-0.1, -0.05) is 36.4 Å². The van der Waals surface area contributed by atoms with Crippen LogP contribution in [0.15, 0.2) is 66.7 Å². The second-order valence-electron chi connectivity index (χ2n) is 7.92. The molecule has 0 atom stereocenters. The third kappa shape index (κ3) is 3.64. The van der Waals surface area contributed by atoms with Crippen LogP contribution in [0.5, 0.6) is 0 Å². The van der Waals surface area contributed by atoms with E-state index in [9.17, 15) is 18.0 Å². The summed E-state index contributed by atoms with van der Waals surface area (Å²) in [4.78, 5) is 12.8. The molecule has 1 aromatic heterocycles. The van der Waals surface area contributed by atoms with E-state index in [0.717, 1.165) is 23.6 Å². The summed E-state index contributed by atoms with van der Waals surface area (Å²) in [5.41, 5.74) is 1.73. The minimum absolute atomic E-state index is 0.286. The van der Waals surface area contributed by atoms with E-state index in [1.165, 1.54) is 4.68 Å². The summed E-state index contributed by atoms with van der Waals surface area (Å²) >= 11 is 0. The number of hydrogen-bond donors (Lipinski definition) is 1. The molecular weight excluding hydrogens is 415 g/mol. The minimum atomic E-state index is -4.48. The predicted molar refractivity (Wildman–Crippen MR) is 117 cm³/mol. The molecule has 0 spiro atoms. The maximum Gasteiger partial charge on any atom is 0.435 e. The van der Waals surface area contributed by atoms with Gasteiger partial charge in [0, 0.05) is 27.9 Å². The van der Waals surface area contributed by atoms with E-state index in [1.54, 1.807) is 24.3 Å². The molecular formula is C25H20F3N3O. The first-order valence-corrected chi connectivity index (χ1v) is 10.5. The molecule has 32 heavy (non-hydrogen) atoms. The number of carbonyl (C=O) groups is 1. The Morgan fingerprint density at radius 3 is 2.41 bits per heavy atom. The SMILES string of the molecule is O=C(Nc1cccc2ccccc12)c1ccc(-n2nc(C(F)(F)F)c3c2CCCC3)cc1. The molecule has 0 fully saturated rings. The molecule has 1 aliphatic carbocycles. The normalized spacial score (nSPS) is 13.7. The van der Waals surface area contributed by atoms with Crippen LogP contribution in [0.1, 0.15) is 40.2 Å². The Morgan fingerprint density at radius 2 is 1.62 bits per heavy atom. The van der Waals surface area contributed by atoms with E-state index >= 15 is 0 Å².